The standard InChI is InChI=1S/C13H7Cl2NO4/c14-9-3-2-6-12(8(9)7-17)20-13-10(15)4-1-5-11(13)16(18)19/h1-7H. The minimum atomic E-state index is -0.619. The minimum absolute atomic E-state index is 0.0658. The topological polar surface area (TPSA) is 69.4 Å². The van der Waals surface area contributed by atoms with Gasteiger partial charge >= 0.3 is 5.69 Å². The molecule has 0 bridgehead atoms. The number of benzene rings is 2. The molecule has 0 fully saturated rings. The SMILES string of the molecule is O=Cc1c(Cl)cccc1Oc1c(Cl)cccc1[N+](=O)[O-]. The third-order valence-electron chi connectivity index (χ3n) is 2.49. The van der Waals surface area contributed by atoms with Crippen molar-refractivity contribution in [1.82, 2.24) is 0 Å². The van der Waals surface area contributed by atoms with Gasteiger partial charge in [-0.1, -0.05) is 35.3 Å². The summed E-state index contributed by atoms with van der Waals surface area (Å²) in [5, 5.41) is 11.2. The zero-order valence-corrected chi connectivity index (χ0v) is 11.4. The van der Waals surface area contributed by atoms with Crippen molar-refractivity contribution in [1.29, 1.82) is 0 Å². The molecule has 0 atom stereocenters. The van der Waals surface area contributed by atoms with Gasteiger partial charge in [0.1, 0.15) is 5.75 Å². The van der Waals surface area contributed by atoms with Crippen LogP contribution in [0.25, 0.3) is 0 Å². The fourth-order valence-electron chi connectivity index (χ4n) is 1.57. The second kappa shape index (κ2) is 5.90. The summed E-state index contributed by atoms with van der Waals surface area (Å²) in [6.45, 7) is 0. The van der Waals surface area contributed by atoms with Crippen LogP contribution < -0.4 is 4.74 Å². The summed E-state index contributed by atoms with van der Waals surface area (Å²) >= 11 is 11.8. The van der Waals surface area contributed by atoms with Gasteiger partial charge in [0.15, 0.2) is 6.29 Å². The van der Waals surface area contributed by atoms with E-state index in [9.17, 15) is 14.9 Å². The number of hydrogen-bond acceptors (Lipinski definition) is 4. The van der Waals surface area contributed by atoms with Crippen LogP contribution in [-0.4, -0.2) is 11.2 Å². The van der Waals surface area contributed by atoms with Gasteiger partial charge < -0.3 is 4.74 Å². The van der Waals surface area contributed by atoms with Gasteiger partial charge in [-0.3, -0.25) is 14.9 Å². The molecule has 0 N–H and O–H groups in total. The summed E-state index contributed by atoms with van der Waals surface area (Å²) < 4.78 is 5.42. The summed E-state index contributed by atoms with van der Waals surface area (Å²) in [5.74, 6) is -0.0340. The van der Waals surface area contributed by atoms with Crippen molar-refractivity contribution in [2.24, 2.45) is 0 Å². The average molecular weight is 312 g/mol. The highest BCUT2D eigenvalue weighted by Crippen LogP contribution is 2.39. The lowest BCUT2D eigenvalue weighted by atomic mass is 10.2. The third kappa shape index (κ3) is 2.74. The molecule has 0 saturated carbocycles. The van der Waals surface area contributed by atoms with Crippen molar-refractivity contribution in [3.63, 3.8) is 0 Å². The second-order valence-corrected chi connectivity index (χ2v) is 4.53. The van der Waals surface area contributed by atoms with Gasteiger partial charge in [-0.2, -0.15) is 0 Å². The molecule has 0 amide bonds. The Morgan fingerprint density at radius 3 is 2.40 bits per heavy atom. The predicted octanol–water partition coefficient (Wildman–Crippen LogP) is 4.51. The summed E-state index contributed by atoms with van der Waals surface area (Å²) in [6.07, 6.45) is 0.514. The van der Waals surface area contributed by atoms with Crippen LogP contribution in [0.3, 0.4) is 0 Å². The first kappa shape index (κ1) is 14.3. The molecular formula is C13H7Cl2NO4. The lowest BCUT2D eigenvalue weighted by Crippen LogP contribution is -1.96. The maximum absolute atomic E-state index is 11.0. The van der Waals surface area contributed by atoms with Crippen LogP contribution in [-0.2, 0) is 0 Å². The van der Waals surface area contributed by atoms with E-state index in [0.717, 1.165) is 0 Å². The highest BCUT2D eigenvalue weighted by Gasteiger charge is 2.20. The molecule has 102 valence electrons. The fourth-order valence-corrected chi connectivity index (χ4v) is 1.99. The molecule has 0 radical (unpaired) electrons. The Bertz CT molecular complexity index is 688. The van der Waals surface area contributed by atoms with E-state index >= 15 is 0 Å². The smallest absolute Gasteiger partial charge is 0.313 e. The van der Waals surface area contributed by atoms with E-state index in [-0.39, 0.29) is 32.8 Å². The lowest BCUT2D eigenvalue weighted by Gasteiger charge is -2.10. The Labute approximate surface area is 123 Å². The Hall–Kier alpha value is -2.11. The van der Waals surface area contributed by atoms with Crippen LogP contribution in [0.2, 0.25) is 10.0 Å². The van der Waals surface area contributed by atoms with E-state index in [1.165, 1.54) is 30.3 Å². The first-order chi connectivity index (χ1) is 9.54. The maximum atomic E-state index is 11.0. The number of halogens is 2. The molecular weight excluding hydrogens is 305 g/mol. The molecule has 0 heterocycles. The molecule has 0 unspecified atom stereocenters. The molecule has 2 aromatic carbocycles. The van der Waals surface area contributed by atoms with Crippen LogP contribution in [0.15, 0.2) is 36.4 Å². The van der Waals surface area contributed by atoms with E-state index in [1.807, 2.05) is 0 Å². The van der Waals surface area contributed by atoms with Crippen molar-refractivity contribution >= 4 is 35.2 Å². The lowest BCUT2D eigenvalue weighted by molar-refractivity contribution is -0.385. The zero-order chi connectivity index (χ0) is 14.7. The summed E-state index contributed by atoms with van der Waals surface area (Å²) in [6, 6.07) is 8.70. The highest BCUT2D eigenvalue weighted by atomic mass is 35.5. The second-order valence-electron chi connectivity index (χ2n) is 3.72. The number of para-hydroxylation sites is 1. The van der Waals surface area contributed by atoms with Gasteiger partial charge in [-0.25, -0.2) is 0 Å². The largest absolute Gasteiger partial charge is 0.448 e. The van der Waals surface area contributed by atoms with Gasteiger partial charge in [0.05, 0.1) is 20.5 Å². The van der Waals surface area contributed by atoms with Crippen LogP contribution in [0.1, 0.15) is 10.4 Å². The number of nitro groups is 1. The molecule has 0 aliphatic carbocycles. The van der Waals surface area contributed by atoms with E-state index in [1.54, 1.807) is 6.07 Å². The van der Waals surface area contributed by atoms with Crippen molar-refractivity contribution < 1.29 is 14.5 Å². The van der Waals surface area contributed by atoms with Gasteiger partial charge in [0.2, 0.25) is 5.75 Å². The van der Waals surface area contributed by atoms with E-state index in [4.69, 9.17) is 27.9 Å². The predicted molar refractivity (Wildman–Crippen MR) is 75.0 cm³/mol. The number of hydrogen-bond donors (Lipinski definition) is 0. The van der Waals surface area contributed by atoms with Crippen molar-refractivity contribution in [2.45, 2.75) is 0 Å². The maximum Gasteiger partial charge on any atom is 0.313 e. The summed E-state index contributed by atoms with van der Waals surface area (Å²) in [4.78, 5) is 21.3. The van der Waals surface area contributed by atoms with Gasteiger partial charge in [0.25, 0.3) is 0 Å². The van der Waals surface area contributed by atoms with Crippen LogP contribution in [0.5, 0.6) is 11.5 Å². The first-order valence-electron chi connectivity index (χ1n) is 5.39. The monoisotopic (exact) mass is 311 g/mol. The zero-order valence-electron chi connectivity index (χ0n) is 9.88. The van der Waals surface area contributed by atoms with Crippen LogP contribution in [0, 0.1) is 10.1 Å². The number of nitrogens with zero attached hydrogens (tertiary/aromatic N) is 1. The third-order valence-corrected chi connectivity index (χ3v) is 3.11. The quantitative estimate of drug-likeness (QED) is 0.473. The number of ether oxygens (including phenoxy) is 1. The number of carbonyl (C=O) groups is 1. The van der Waals surface area contributed by atoms with E-state index in [2.05, 4.69) is 0 Å². The molecule has 0 aliphatic rings. The van der Waals surface area contributed by atoms with E-state index in [0.29, 0.717) is 6.29 Å². The molecule has 0 spiro atoms. The van der Waals surface area contributed by atoms with Crippen LogP contribution in [0.4, 0.5) is 5.69 Å². The number of nitro benzene ring substituents is 1. The summed E-state index contributed by atoms with van der Waals surface area (Å²) in [5.41, 5.74) is -0.197. The van der Waals surface area contributed by atoms with Gasteiger partial charge in [0, 0.05) is 6.07 Å². The highest BCUT2D eigenvalue weighted by molar-refractivity contribution is 6.33. The molecule has 5 nitrogen and oxygen atoms in total. The fraction of sp³-hybridized carbons (Fsp3) is 0. The van der Waals surface area contributed by atoms with Crippen molar-refractivity contribution in [2.75, 3.05) is 0 Å². The number of rotatable bonds is 4. The number of carbonyl (C=O) groups excluding carboxylic acids is 1. The Morgan fingerprint density at radius 2 is 1.75 bits per heavy atom. The van der Waals surface area contributed by atoms with Crippen LogP contribution >= 0.6 is 23.2 Å². The normalized spacial score (nSPS) is 10.1. The van der Waals surface area contributed by atoms with E-state index < -0.39 is 4.92 Å². The molecule has 0 aliphatic heterocycles. The van der Waals surface area contributed by atoms with Crippen molar-refractivity contribution in [3.8, 4) is 11.5 Å². The molecule has 2 rings (SSSR count). The molecule has 20 heavy (non-hydrogen) atoms. The minimum Gasteiger partial charge on any atom is -0.448 e. The molecule has 7 heteroatoms. The molecule has 2 aromatic rings. The Balaban J connectivity index is 2.53. The summed E-state index contributed by atoms with van der Waals surface area (Å²) in [7, 11) is 0. The molecule has 0 saturated heterocycles. The van der Waals surface area contributed by atoms with Crippen molar-refractivity contribution in [3.05, 3.63) is 62.1 Å². The Kier molecular flexibility index (Phi) is 4.22. The van der Waals surface area contributed by atoms with Gasteiger partial charge in [-0.05, 0) is 18.2 Å². The molecule has 0 aromatic heterocycles. The first-order valence-corrected chi connectivity index (χ1v) is 6.14. The van der Waals surface area contributed by atoms with Gasteiger partial charge in [-0.15, -0.1) is 0 Å². The Morgan fingerprint density at radius 1 is 1.10 bits per heavy atom. The number of aldehydes is 1. The average Bonchev–Trinajstić information content (AvgIpc) is 2.41.